The summed E-state index contributed by atoms with van der Waals surface area (Å²) >= 11 is 1.27. The molecule has 6 nitrogen and oxygen atoms in total. The van der Waals surface area contributed by atoms with Crippen LogP contribution in [0.2, 0.25) is 0 Å². The summed E-state index contributed by atoms with van der Waals surface area (Å²) in [6.07, 6.45) is 6.52. The molecule has 0 aromatic carbocycles. The van der Waals surface area contributed by atoms with Gasteiger partial charge in [-0.2, -0.15) is 4.31 Å². The second-order valence-corrected chi connectivity index (χ2v) is 9.71. The third-order valence-corrected chi connectivity index (χ3v) is 8.16. The Bertz CT molecular complexity index is 681. The number of sulfonamides is 1. The van der Waals surface area contributed by atoms with Crippen molar-refractivity contribution in [1.29, 1.82) is 0 Å². The van der Waals surface area contributed by atoms with E-state index in [1.165, 1.54) is 21.8 Å². The van der Waals surface area contributed by atoms with E-state index in [4.69, 9.17) is 5.11 Å². The predicted molar refractivity (Wildman–Crippen MR) is 87.0 cm³/mol. The zero-order chi connectivity index (χ0) is 16.6. The fourth-order valence-corrected chi connectivity index (χ4v) is 6.22. The molecule has 23 heavy (non-hydrogen) atoms. The van der Waals surface area contributed by atoms with Crippen LogP contribution in [0.15, 0.2) is 10.4 Å². The van der Waals surface area contributed by atoms with Crippen molar-refractivity contribution in [3.63, 3.8) is 0 Å². The monoisotopic (exact) mass is 358 g/mol. The van der Waals surface area contributed by atoms with E-state index in [1.807, 2.05) is 0 Å². The quantitative estimate of drug-likeness (QED) is 0.845. The number of aromatic nitrogens is 1. The Morgan fingerprint density at radius 1 is 1.43 bits per heavy atom. The molecule has 0 spiro atoms. The summed E-state index contributed by atoms with van der Waals surface area (Å²) in [6.45, 7) is 2.11. The molecule has 2 fully saturated rings. The summed E-state index contributed by atoms with van der Waals surface area (Å²) in [7, 11) is -3.57. The third kappa shape index (κ3) is 3.59. The van der Waals surface area contributed by atoms with Crippen LogP contribution in [-0.2, 0) is 14.8 Å². The number of nitrogens with zero attached hydrogens (tertiary/aromatic N) is 2. The Hall–Kier alpha value is -0.990. The molecule has 1 aromatic rings. The summed E-state index contributed by atoms with van der Waals surface area (Å²) in [5.41, 5.74) is 0. The lowest BCUT2D eigenvalue weighted by Crippen LogP contribution is -2.44. The van der Waals surface area contributed by atoms with Crippen LogP contribution < -0.4 is 0 Å². The Morgan fingerprint density at radius 3 is 2.83 bits per heavy atom. The van der Waals surface area contributed by atoms with Crippen molar-refractivity contribution in [1.82, 2.24) is 9.29 Å². The van der Waals surface area contributed by atoms with Gasteiger partial charge in [0.2, 0.25) is 0 Å². The Labute approximate surface area is 140 Å². The lowest BCUT2D eigenvalue weighted by molar-refractivity contribution is -0.141. The van der Waals surface area contributed by atoms with Crippen molar-refractivity contribution in [2.45, 2.75) is 61.6 Å². The van der Waals surface area contributed by atoms with Crippen LogP contribution in [0.25, 0.3) is 0 Å². The number of carboxylic acids is 1. The summed E-state index contributed by atoms with van der Waals surface area (Å²) in [5, 5.41) is 10.0. The van der Waals surface area contributed by atoms with Crippen LogP contribution in [-0.4, -0.2) is 41.4 Å². The van der Waals surface area contributed by atoms with E-state index in [9.17, 15) is 13.2 Å². The first-order valence-corrected chi connectivity index (χ1v) is 10.4. The number of rotatable bonds is 6. The molecule has 1 saturated carbocycles. The van der Waals surface area contributed by atoms with Crippen molar-refractivity contribution in [3.8, 4) is 0 Å². The second kappa shape index (κ2) is 6.49. The molecule has 8 heteroatoms. The van der Waals surface area contributed by atoms with Crippen LogP contribution >= 0.6 is 11.3 Å². The topological polar surface area (TPSA) is 87.6 Å². The number of aliphatic carboxylic acids is 1. The largest absolute Gasteiger partial charge is 0.481 e. The minimum absolute atomic E-state index is 0.230. The van der Waals surface area contributed by atoms with Crippen LogP contribution in [0.5, 0.6) is 0 Å². The molecule has 1 aliphatic heterocycles. The van der Waals surface area contributed by atoms with Gasteiger partial charge in [-0.15, -0.1) is 11.3 Å². The first-order valence-electron chi connectivity index (χ1n) is 8.10. The normalized spacial score (nSPS) is 24.5. The fraction of sp³-hybridized carbons (Fsp3) is 0.733. The lowest BCUT2D eigenvalue weighted by Gasteiger charge is -2.35. The van der Waals surface area contributed by atoms with Crippen molar-refractivity contribution in [2.75, 3.05) is 6.54 Å². The number of hydrogen-bond donors (Lipinski definition) is 1. The molecule has 0 radical (unpaired) electrons. The summed E-state index contributed by atoms with van der Waals surface area (Å²) in [5.74, 6) is -0.978. The van der Waals surface area contributed by atoms with Gasteiger partial charge in [0.05, 0.1) is 17.1 Å². The highest BCUT2D eigenvalue weighted by molar-refractivity contribution is 7.91. The molecule has 2 unspecified atom stereocenters. The summed E-state index contributed by atoms with van der Waals surface area (Å²) in [6, 6.07) is -0.230. The second-order valence-electron chi connectivity index (χ2n) is 6.53. The molecule has 2 heterocycles. The van der Waals surface area contributed by atoms with Crippen LogP contribution in [0.4, 0.5) is 0 Å². The molecule has 1 N–H and O–H groups in total. The third-order valence-electron chi connectivity index (χ3n) is 4.61. The van der Waals surface area contributed by atoms with E-state index in [1.54, 1.807) is 6.92 Å². The molecule has 1 aromatic heterocycles. The van der Waals surface area contributed by atoms with Gasteiger partial charge in [0.25, 0.3) is 10.0 Å². The van der Waals surface area contributed by atoms with Gasteiger partial charge in [0, 0.05) is 18.5 Å². The van der Waals surface area contributed by atoms with Crippen molar-refractivity contribution in [3.05, 3.63) is 11.2 Å². The zero-order valence-corrected chi connectivity index (χ0v) is 14.8. The van der Waals surface area contributed by atoms with E-state index in [2.05, 4.69) is 4.98 Å². The highest BCUT2D eigenvalue weighted by atomic mass is 32.2. The molecule has 0 bridgehead atoms. The van der Waals surface area contributed by atoms with Crippen LogP contribution in [0.1, 0.15) is 56.4 Å². The Morgan fingerprint density at radius 2 is 2.17 bits per heavy atom. The first kappa shape index (κ1) is 16.9. The maximum absolute atomic E-state index is 13.0. The van der Waals surface area contributed by atoms with Gasteiger partial charge in [-0.1, -0.05) is 13.3 Å². The smallest absolute Gasteiger partial charge is 0.306 e. The first-order chi connectivity index (χ1) is 10.9. The van der Waals surface area contributed by atoms with Gasteiger partial charge in [0.15, 0.2) is 4.21 Å². The predicted octanol–water partition coefficient (Wildman–Crippen LogP) is 2.67. The summed E-state index contributed by atoms with van der Waals surface area (Å²) in [4.78, 5) is 15.4. The summed E-state index contributed by atoms with van der Waals surface area (Å²) < 4.78 is 27.7. The number of carbonyl (C=O) groups is 1. The van der Waals surface area contributed by atoms with E-state index < -0.39 is 21.9 Å². The molecule has 0 amide bonds. The Balaban J connectivity index is 1.81. The van der Waals surface area contributed by atoms with Crippen molar-refractivity contribution < 1.29 is 18.3 Å². The maximum atomic E-state index is 13.0. The van der Waals surface area contributed by atoms with Gasteiger partial charge in [-0.3, -0.25) is 4.79 Å². The number of thiazole rings is 1. The molecule has 3 rings (SSSR count). The van der Waals surface area contributed by atoms with E-state index in [0.717, 1.165) is 37.1 Å². The van der Waals surface area contributed by atoms with Gasteiger partial charge in [-0.25, -0.2) is 13.4 Å². The van der Waals surface area contributed by atoms with Crippen LogP contribution in [0, 0.1) is 5.92 Å². The van der Waals surface area contributed by atoms with E-state index in [0.29, 0.717) is 23.1 Å². The van der Waals surface area contributed by atoms with Crippen LogP contribution in [0.3, 0.4) is 0 Å². The molecule has 1 saturated heterocycles. The number of carboxylic acid groups (broad SMARTS) is 1. The SMILES string of the molecule is CC(CC1CCCCN1S(=O)(=O)c1cnc(C2CC2)s1)C(=O)O. The fourth-order valence-electron chi connectivity index (χ4n) is 3.06. The van der Waals surface area contributed by atoms with Gasteiger partial charge < -0.3 is 5.11 Å². The van der Waals surface area contributed by atoms with Crippen molar-refractivity contribution >= 4 is 27.3 Å². The molecular formula is C15H22N2O4S2. The highest BCUT2D eigenvalue weighted by Crippen LogP contribution is 2.43. The number of hydrogen-bond acceptors (Lipinski definition) is 5. The average molecular weight is 358 g/mol. The molecule has 2 aliphatic rings. The van der Waals surface area contributed by atoms with E-state index >= 15 is 0 Å². The highest BCUT2D eigenvalue weighted by Gasteiger charge is 2.37. The lowest BCUT2D eigenvalue weighted by atomic mass is 9.95. The van der Waals surface area contributed by atoms with Gasteiger partial charge >= 0.3 is 5.97 Å². The minimum atomic E-state index is -3.57. The van der Waals surface area contributed by atoms with Crippen molar-refractivity contribution in [2.24, 2.45) is 5.92 Å². The molecule has 1 aliphatic carbocycles. The standard InChI is InChI=1S/C15H22N2O4S2/c1-10(15(18)19)8-12-4-2-3-7-17(12)23(20,21)13-9-16-14(22-13)11-5-6-11/h9-12H,2-8H2,1H3,(H,18,19). The Kier molecular flexibility index (Phi) is 4.75. The van der Waals surface area contributed by atoms with Gasteiger partial charge in [0.1, 0.15) is 0 Å². The average Bonchev–Trinajstić information content (AvgIpc) is 3.24. The van der Waals surface area contributed by atoms with E-state index in [-0.39, 0.29) is 6.04 Å². The molecule has 2 atom stereocenters. The number of piperidine rings is 1. The maximum Gasteiger partial charge on any atom is 0.306 e. The molecule has 128 valence electrons. The minimum Gasteiger partial charge on any atom is -0.481 e. The zero-order valence-electron chi connectivity index (χ0n) is 13.1. The van der Waals surface area contributed by atoms with Gasteiger partial charge in [-0.05, 0) is 32.1 Å². The molecular weight excluding hydrogens is 336 g/mol.